The minimum atomic E-state index is -0.465. The van der Waals surface area contributed by atoms with Gasteiger partial charge < -0.3 is 10.2 Å². The molecule has 0 saturated heterocycles. The third kappa shape index (κ3) is 7.52. The standard InChI is InChI=1S/C25H34N2O2S/c1-5-23(25(29)26-15-19(2)3)27(16-22-14-10-9-11-20(22)4)24(28)18-30-17-21-12-7-6-8-13-21/h6-14,19,23H,5,15-18H2,1-4H3,(H,26,29)/t23-/m1/s1. The van der Waals surface area contributed by atoms with E-state index in [-0.39, 0.29) is 11.8 Å². The van der Waals surface area contributed by atoms with E-state index in [0.29, 0.717) is 31.2 Å². The van der Waals surface area contributed by atoms with Gasteiger partial charge in [0.1, 0.15) is 6.04 Å². The molecule has 0 saturated carbocycles. The van der Waals surface area contributed by atoms with Crippen molar-refractivity contribution in [1.29, 1.82) is 0 Å². The molecule has 2 rings (SSSR count). The molecular weight excluding hydrogens is 392 g/mol. The molecule has 0 fully saturated rings. The molecule has 2 amide bonds. The predicted octanol–water partition coefficient (Wildman–Crippen LogP) is 4.81. The number of amides is 2. The number of carbonyl (C=O) groups is 2. The lowest BCUT2D eigenvalue weighted by Crippen LogP contribution is -2.50. The number of hydrogen-bond donors (Lipinski definition) is 1. The van der Waals surface area contributed by atoms with Crippen LogP contribution < -0.4 is 5.32 Å². The average molecular weight is 427 g/mol. The molecule has 0 heterocycles. The van der Waals surface area contributed by atoms with Crippen molar-refractivity contribution >= 4 is 23.6 Å². The molecule has 0 aliphatic rings. The van der Waals surface area contributed by atoms with Gasteiger partial charge in [-0.3, -0.25) is 9.59 Å². The van der Waals surface area contributed by atoms with Gasteiger partial charge in [-0.2, -0.15) is 0 Å². The summed E-state index contributed by atoms with van der Waals surface area (Å²) in [5.41, 5.74) is 3.40. The fourth-order valence-electron chi connectivity index (χ4n) is 3.23. The molecule has 162 valence electrons. The Hall–Kier alpha value is -2.27. The second kappa shape index (κ2) is 12.4. The second-order valence-electron chi connectivity index (χ2n) is 7.99. The van der Waals surface area contributed by atoms with Crippen molar-refractivity contribution in [3.63, 3.8) is 0 Å². The molecule has 0 bridgehead atoms. The van der Waals surface area contributed by atoms with Gasteiger partial charge in [-0.25, -0.2) is 0 Å². The van der Waals surface area contributed by atoms with E-state index in [0.717, 1.165) is 16.9 Å². The molecule has 0 radical (unpaired) electrons. The van der Waals surface area contributed by atoms with E-state index >= 15 is 0 Å². The van der Waals surface area contributed by atoms with Crippen LogP contribution in [0, 0.1) is 12.8 Å². The third-order valence-electron chi connectivity index (χ3n) is 5.01. The van der Waals surface area contributed by atoms with Crippen LogP contribution in [-0.2, 0) is 21.9 Å². The largest absolute Gasteiger partial charge is 0.354 e. The van der Waals surface area contributed by atoms with Crippen LogP contribution in [0.3, 0.4) is 0 Å². The van der Waals surface area contributed by atoms with Crippen LogP contribution in [0.15, 0.2) is 54.6 Å². The third-order valence-corrected chi connectivity index (χ3v) is 6.00. The smallest absolute Gasteiger partial charge is 0.242 e. The molecule has 4 nitrogen and oxygen atoms in total. The van der Waals surface area contributed by atoms with Gasteiger partial charge in [0, 0.05) is 18.8 Å². The first kappa shape index (κ1) is 24.0. The SMILES string of the molecule is CC[C@H](C(=O)NCC(C)C)N(Cc1ccccc1C)C(=O)CSCc1ccccc1. The van der Waals surface area contributed by atoms with Crippen molar-refractivity contribution in [2.75, 3.05) is 12.3 Å². The van der Waals surface area contributed by atoms with Crippen molar-refractivity contribution in [3.05, 3.63) is 71.3 Å². The summed E-state index contributed by atoms with van der Waals surface area (Å²) in [4.78, 5) is 27.9. The second-order valence-corrected chi connectivity index (χ2v) is 8.98. The van der Waals surface area contributed by atoms with Gasteiger partial charge in [-0.15, -0.1) is 11.8 Å². The van der Waals surface area contributed by atoms with Crippen molar-refractivity contribution in [1.82, 2.24) is 10.2 Å². The van der Waals surface area contributed by atoms with Crippen LogP contribution in [0.5, 0.6) is 0 Å². The van der Waals surface area contributed by atoms with E-state index in [1.807, 2.05) is 56.3 Å². The van der Waals surface area contributed by atoms with Gasteiger partial charge >= 0.3 is 0 Å². The number of aryl methyl sites for hydroxylation is 1. The van der Waals surface area contributed by atoms with E-state index in [9.17, 15) is 9.59 Å². The van der Waals surface area contributed by atoms with E-state index in [1.165, 1.54) is 5.56 Å². The fraction of sp³-hybridized carbons (Fsp3) is 0.440. The van der Waals surface area contributed by atoms with E-state index in [1.54, 1.807) is 16.7 Å². The Kier molecular flexibility index (Phi) is 9.95. The van der Waals surface area contributed by atoms with Gasteiger partial charge in [0.2, 0.25) is 11.8 Å². The Morgan fingerprint density at radius 3 is 2.33 bits per heavy atom. The van der Waals surface area contributed by atoms with Gasteiger partial charge in [0.15, 0.2) is 0 Å². The van der Waals surface area contributed by atoms with Crippen LogP contribution in [0.4, 0.5) is 0 Å². The highest BCUT2D eigenvalue weighted by Crippen LogP contribution is 2.18. The Balaban J connectivity index is 2.13. The molecule has 1 N–H and O–H groups in total. The maximum atomic E-state index is 13.2. The monoisotopic (exact) mass is 426 g/mol. The van der Waals surface area contributed by atoms with Crippen molar-refractivity contribution in [2.24, 2.45) is 5.92 Å². The number of rotatable bonds is 11. The molecule has 0 spiro atoms. The Morgan fingerprint density at radius 2 is 1.70 bits per heavy atom. The lowest BCUT2D eigenvalue weighted by molar-refractivity contribution is -0.139. The molecule has 2 aromatic carbocycles. The zero-order valence-corrected chi connectivity index (χ0v) is 19.4. The van der Waals surface area contributed by atoms with Crippen LogP contribution in [-0.4, -0.2) is 35.1 Å². The van der Waals surface area contributed by atoms with Crippen molar-refractivity contribution in [2.45, 2.75) is 52.5 Å². The quantitative estimate of drug-likeness (QED) is 0.561. The number of thioether (sulfide) groups is 1. The van der Waals surface area contributed by atoms with Gasteiger partial charge in [0.05, 0.1) is 5.75 Å². The molecule has 2 aromatic rings. The molecular formula is C25H34N2O2S. The van der Waals surface area contributed by atoms with Gasteiger partial charge in [0.25, 0.3) is 0 Å². The molecule has 5 heteroatoms. The zero-order chi connectivity index (χ0) is 21.9. The number of nitrogens with zero attached hydrogens (tertiary/aromatic N) is 1. The first-order chi connectivity index (χ1) is 14.4. The van der Waals surface area contributed by atoms with Crippen LogP contribution in [0.1, 0.15) is 43.9 Å². The predicted molar refractivity (Wildman–Crippen MR) is 126 cm³/mol. The number of nitrogens with one attached hydrogen (secondary N) is 1. The van der Waals surface area contributed by atoms with E-state index in [2.05, 4.69) is 31.3 Å². The summed E-state index contributed by atoms with van der Waals surface area (Å²) in [6.45, 7) is 9.21. The van der Waals surface area contributed by atoms with Crippen LogP contribution in [0.25, 0.3) is 0 Å². The average Bonchev–Trinajstić information content (AvgIpc) is 2.74. The van der Waals surface area contributed by atoms with Gasteiger partial charge in [-0.05, 0) is 36.0 Å². The Morgan fingerprint density at radius 1 is 1.03 bits per heavy atom. The highest BCUT2D eigenvalue weighted by atomic mass is 32.2. The summed E-state index contributed by atoms with van der Waals surface area (Å²) >= 11 is 1.59. The zero-order valence-electron chi connectivity index (χ0n) is 18.6. The minimum absolute atomic E-state index is 0.00531. The highest BCUT2D eigenvalue weighted by molar-refractivity contribution is 7.99. The number of hydrogen-bond acceptors (Lipinski definition) is 3. The topological polar surface area (TPSA) is 49.4 Å². The summed E-state index contributed by atoms with van der Waals surface area (Å²) in [5.74, 6) is 1.44. The lowest BCUT2D eigenvalue weighted by Gasteiger charge is -2.31. The fourth-order valence-corrected chi connectivity index (χ4v) is 4.10. The molecule has 1 atom stereocenters. The van der Waals surface area contributed by atoms with Crippen LogP contribution >= 0.6 is 11.8 Å². The molecule has 0 aliphatic heterocycles. The number of benzene rings is 2. The summed E-state index contributed by atoms with van der Waals surface area (Å²) < 4.78 is 0. The van der Waals surface area contributed by atoms with E-state index in [4.69, 9.17) is 0 Å². The molecule has 30 heavy (non-hydrogen) atoms. The summed E-state index contributed by atoms with van der Waals surface area (Å²) in [7, 11) is 0. The first-order valence-corrected chi connectivity index (χ1v) is 11.8. The Labute approximate surface area is 185 Å². The maximum absolute atomic E-state index is 13.2. The normalized spacial score (nSPS) is 11.9. The summed E-state index contributed by atoms with van der Waals surface area (Å²) in [5, 5.41) is 3.01. The lowest BCUT2D eigenvalue weighted by atomic mass is 10.1. The van der Waals surface area contributed by atoms with E-state index < -0.39 is 6.04 Å². The van der Waals surface area contributed by atoms with Crippen molar-refractivity contribution in [3.8, 4) is 0 Å². The maximum Gasteiger partial charge on any atom is 0.242 e. The molecule has 0 aromatic heterocycles. The minimum Gasteiger partial charge on any atom is -0.354 e. The van der Waals surface area contributed by atoms with Gasteiger partial charge in [-0.1, -0.05) is 75.4 Å². The highest BCUT2D eigenvalue weighted by Gasteiger charge is 2.28. The molecule has 0 unspecified atom stereocenters. The summed E-state index contributed by atoms with van der Waals surface area (Å²) in [6, 6.07) is 17.7. The Bertz CT molecular complexity index is 808. The number of carbonyl (C=O) groups excluding carboxylic acids is 2. The molecule has 0 aliphatic carbocycles. The summed E-state index contributed by atoms with van der Waals surface area (Å²) in [6.07, 6.45) is 0.588. The van der Waals surface area contributed by atoms with Crippen molar-refractivity contribution < 1.29 is 9.59 Å². The van der Waals surface area contributed by atoms with Crippen LogP contribution in [0.2, 0.25) is 0 Å². The first-order valence-electron chi connectivity index (χ1n) is 10.7.